The number of aromatic nitrogens is 2. The van der Waals surface area contributed by atoms with Crippen LogP contribution in [-0.4, -0.2) is 22.1 Å². The molecule has 0 aliphatic rings. The average molecular weight is 368 g/mol. The quantitative estimate of drug-likeness (QED) is 0.496. The van der Waals surface area contributed by atoms with Crippen LogP contribution in [0.25, 0.3) is 0 Å². The maximum Gasteiger partial charge on any atom is 0.191 e. The van der Waals surface area contributed by atoms with Gasteiger partial charge in [0.25, 0.3) is 0 Å². The van der Waals surface area contributed by atoms with Gasteiger partial charge < -0.3 is 15.2 Å². The first-order chi connectivity index (χ1) is 12.7. The zero-order valence-corrected chi connectivity index (χ0v) is 16.1. The minimum Gasteiger partial charge on any atom is -0.357 e. The molecule has 26 heavy (non-hydrogen) atoms. The van der Waals surface area contributed by atoms with E-state index in [9.17, 15) is 0 Å². The third kappa shape index (κ3) is 5.46. The third-order valence-corrected chi connectivity index (χ3v) is 4.94. The highest BCUT2D eigenvalue weighted by Gasteiger charge is 2.01. The Bertz CT molecular complexity index is 818. The Balaban J connectivity index is 1.56. The van der Waals surface area contributed by atoms with Crippen molar-refractivity contribution in [3.8, 4) is 0 Å². The van der Waals surface area contributed by atoms with E-state index in [1.54, 1.807) is 6.20 Å². The minimum atomic E-state index is 0.657. The van der Waals surface area contributed by atoms with Gasteiger partial charge in [-0.05, 0) is 37.1 Å². The molecule has 3 rings (SSSR count). The summed E-state index contributed by atoms with van der Waals surface area (Å²) in [6.45, 7) is 7.35. The van der Waals surface area contributed by atoms with Gasteiger partial charge in [0.2, 0.25) is 0 Å². The second-order valence-electron chi connectivity index (χ2n) is 6.11. The predicted octanol–water partition coefficient (Wildman–Crippen LogP) is 3.56. The van der Waals surface area contributed by atoms with Gasteiger partial charge in [0.15, 0.2) is 5.96 Å². The summed E-state index contributed by atoms with van der Waals surface area (Å²) in [4.78, 5) is 11.4. The number of nitrogens with zero attached hydrogens (tertiary/aromatic N) is 3. The van der Waals surface area contributed by atoms with Gasteiger partial charge in [0.05, 0.1) is 19.4 Å². The molecule has 2 heterocycles. The first-order valence-electron chi connectivity index (χ1n) is 8.84. The molecule has 0 aliphatic carbocycles. The Morgan fingerprint density at radius 3 is 2.58 bits per heavy atom. The smallest absolute Gasteiger partial charge is 0.191 e. The van der Waals surface area contributed by atoms with Crippen LogP contribution in [0.1, 0.15) is 27.8 Å². The molecule has 2 N–H and O–H groups in total. The fourth-order valence-electron chi connectivity index (χ4n) is 2.60. The Labute approximate surface area is 158 Å². The Kier molecular flexibility index (Phi) is 6.44. The lowest BCUT2D eigenvalue weighted by Gasteiger charge is -2.10. The molecule has 0 fully saturated rings. The number of benzene rings is 1. The average Bonchev–Trinajstić information content (AvgIpc) is 3.30. The molecule has 0 saturated carbocycles. The van der Waals surface area contributed by atoms with Crippen molar-refractivity contribution in [2.75, 3.05) is 6.54 Å². The van der Waals surface area contributed by atoms with Crippen molar-refractivity contribution in [1.82, 2.24) is 20.2 Å². The normalized spacial score (nSPS) is 11.5. The number of hydrogen-bond donors (Lipinski definition) is 2. The molecular weight excluding hydrogens is 342 g/mol. The van der Waals surface area contributed by atoms with Crippen molar-refractivity contribution >= 4 is 17.3 Å². The standard InChI is InChI=1S/C20H25N5S/c1-3-22-20(24-13-19-9-4-16(2)26-19)23-12-17-5-7-18(8-6-17)14-25-11-10-21-15-25/h4-11,15H,3,12-14H2,1-2H3,(H2,22,23,24). The summed E-state index contributed by atoms with van der Waals surface area (Å²) < 4.78 is 2.06. The zero-order chi connectivity index (χ0) is 18.2. The van der Waals surface area contributed by atoms with Crippen LogP contribution in [0.4, 0.5) is 0 Å². The summed E-state index contributed by atoms with van der Waals surface area (Å²) in [6.07, 6.45) is 5.61. The number of guanidine groups is 1. The van der Waals surface area contributed by atoms with Crippen LogP contribution >= 0.6 is 11.3 Å². The van der Waals surface area contributed by atoms with Crippen molar-refractivity contribution in [2.24, 2.45) is 4.99 Å². The van der Waals surface area contributed by atoms with Crippen LogP contribution < -0.4 is 10.6 Å². The van der Waals surface area contributed by atoms with E-state index in [-0.39, 0.29) is 0 Å². The predicted molar refractivity (Wildman–Crippen MR) is 108 cm³/mol. The van der Waals surface area contributed by atoms with E-state index in [1.807, 2.05) is 23.9 Å². The molecule has 0 radical (unpaired) electrons. The Morgan fingerprint density at radius 2 is 1.92 bits per heavy atom. The Morgan fingerprint density at radius 1 is 1.12 bits per heavy atom. The summed E-state index contributed by atoms with van der Waals surface area (Å²) >= 11 is 1.81. The molecule has 0 amide bonds. The van der Waals surface area contributed by atoms with E-state index in [1.165, 1.54) is 20.9 Å². The Hall–Kier alpha value is -2.60. The SMILES string of the molecule is CCNC(=NCc1ccc(Cn2ccnc2)cc1)NCc1ccc(C)s1. The van der Waals surface area contributed by atoms with Crippen molar-refractivity contribution in [2.45, 2.75) is 33.5 Å². The molecule has 136 valence electrons. The topological polar surface area (TPSA) is 54.2 Å². The minimum absolute atomic E-state index is 0.657. The van der Waals surface area contributed by atoms with Gasteiger partial charge in [-0.2, -0.15) is 0 Å². The highest BCUT2D eigenvalue weighted by molar-refractivity contribution is 7.11. The van der Waals surface area contributed by atoms with E-state index in [0.29, 0.717) is 6.54 Å². The second-order valence-corrected chi connectivity index (χ2v) is 7.49. The number of rotatable bonds is 7. The van der Waals surface area contributed by atoms with Gasteiger partial charge in [-0.3, -0.25) is 0 Å². The largest absolute Gasteiger partial charge is 0.357 e. The molecule has 2 aromatic heterocycles. The number of imidazole rings is 1. The zero-order valence-electron chi connectivity index (χ0n) is 15.3. The van der Waals surface area contributed by atoms with Gasteiger partial charge in [-0.25, -0.2) is 9.98 Å². The molecule has 0 unspecified atom stereocenters. The molecule has 1 aromatic carbocycles. The van der Waals surface area contributed by atoms with Gasteiger partial charge in [-0.1, -0.05) is 24.3 Å². The lowest BCUT2D eigenvalue weighted by molar-refractivity contribution is 0.796. The number of thiophene rings is 1. The molecule has 0 spiro atoms. The van der Waals surface area contributed by atoms with Crippen LogP contribution in [0.5, 0.6) is 0 Å². The monoisotopic (exact) mass is 367 g/mol. The van der Waals surface area contributed by atoms with Gasteiger partial charge in [0.1, 0.15) is 0 Å². The summed E-state index contributed by atoms with van der Waals surface area (Å²) in [5.41, 5.74) is 2.46. The second kappa shape index (κ2) is 9.20. The molecule has 0 atom stereocenters. The third-order valence-electron chi connectivity index (χ3n) is 3.94. The van der Waals surface area contributed by atoms with Crippen LogP contribution in [-0.2, 0) is 19.6 Å². The van der Waals surface area contributed by atoms with Crippen molar-refractivity contribution in [1.29, 1.82) is 0 Å². The lowest BCUT2D eigenvalue weighted by atomic mass is 10.1. The van der Waals surface area contributed by atoms with Crippen LogP contribution in [0.2, 0.25) is 0 Å². The van der Waals surface area contributed by atoms with Gasteiger partial charge in [0, 0.05) is 35.2 Å². The summed E-state index contributed by atoms with van der Waals surface area (Å²) in [5.74, 6) is 0.848. The van der Waals surface area contributed by atoms with Crippen molar-refractivity contribution < 1.29 is 0 Å². The van der Waals surface area contributed by atoms with Crippen LogP contribution in [0.3, 0.4) is 0 Å². The van der Waals surface area contributed by atoms with E-state index in [4.69, 9.17) is 4.99 Å². The fraction of sp³-hybridized carbons (Fsp3) is 0.300. The number of aryl methyl sites for hydroxylation is 1. The van der Waals surface area contributed by atoms with Crippen LogP contribution in [0, 0.1) is 6.92 Å². The summed E-state index contributed by atoms with van der Waals surface area (Å²) in [5, 5.41) is 6.70. The first kappa shape index (κ1) is 18.2. The lowest BCUT2D eigenvalue weighted by Crippen LogP contribution is -2.36. The van der Waals surface area contributed by atoms with Gasteiger partial charge in [-0.15, -0.1) is 11.3 Å². The maximum atomic E-state index is 4.69. The molecule has 0 saturated heterocycles. The molecule has 6 heteroatoms. The van der Waals surface area contributed by atoms with Gasteiger partial charge >= 0.3 is 0 Å². The molecular formula is C20H25N5S. The van der Waals surface area contributed by atoms with Crippen molar-refractivity contribution in [3.05, 3.63) is 76.0 Å². The van der Waals surface area contributed by atoms with Crippen molar-refractivity contribution in [3.63, 3.8) is 0 Å². The van der Waals surface area contributed by atoms with E-state index < -0.39 is 0 Å². The highest BCUT2D eigenvalue weighted by atomic mass is 32.1. The molecule has 0 bridgehead atoms. The highest BCUT2D eigenvalue weighted by Crippen LogP contribution is 2.14. The van der Waals surface area contributed by atoms with Crippen LogP contribution in [0.15, 0.2) is 60.1 Å². The maximum absolute atomic E-state index is 4.69. The fourth-order valence-corrected chi connectivity index (χ4v) is 3.43. The summed E-state index contributed by atoms with van der Waals surface area (Å²) in [7, 11) is 0. The number of hydrogen-bond acceptors (Lipinski definition) is 3. The van der Waals surface area contributed by atoms with E-state index >= 15 is 0 Å². The molecule has 5 nitrogen and oxygen atoms in total. The van der Waals surface area contributed by atoms with E-state index in [2.05, 4.69) is 70.4 Å². The molecule has 0 aliphatic heterocycles. The first-order valence-corrected chi connectivity index (χ1v) is 9.65. The number of aliphatic imine (C=N–C) groups is 1. The van der Waals surface area contributed by atoms with E-state index in [0.717, 1.165) is 25.6 Å². The summed E-state index contributed by atoms with van der Waals surface area (Å²) in [6, 6.07) is 12.9. The number of nitrogens with one attached hydrogen (secondary N) is 2. The molecule has 3 aromatic rings.